The highest BCUT2D eigenvalue weighted by Gasteiger charge is 2.18. The predicted molar refractivity (Wildman–Crippen MR) is 58.2 cm³/mol. The lowest BCUT2D eigenvalue weighted by Gasteiger charge is -2.06. The Labute approximate surface area is 97.2 Å². The van der Waals surface area contributed by atoms with Crippen LogP contribution in [0.15, 0.2) is 35.5 Å². The van der Waals surface area contributed by atoms with Crippen LogP contribution in [-0.2, 0) is 17.1 Å². The van der Waals surface area contributed by atoms with Crippen molar-refractivity contribution in [2.75, 3.05) is 4.72 Å². The number of anilines is 1. The van der Waals surface area contributed by atoms with Crippen LogP contribution < -0.4 is 4.72 Å². The first kappa shape index (κ1) is 11.5. The van der Waals surface area contributed by atoms with Crippen molar-refractivity contribution in [2.45, 2.75) is 5.03 Å². The summed E-state index contributed by atoms with van der Waals surface area (Å²) < 4.78 is 39.9. The minimum atomic E-state index is -3.80. The molecule has 0 unspecified atom stereocenters. The minimum absolute atomic E-state index is 0.0245. The van der Waals surface area contributed by atoms with Gasteiger partial charge in [0.25, 0.3) is 10.0 Å². The Balaban J connectivity index is 2.33. The number of halogens is 1. The van der Waals surface area contributed by atoms with Crippen LogP contribution in [-0.4, -0.2) is 23.2 Å². The number of hydrogen-bond acceptors (Lipinski definition) is 4. The van der Waals surface area contributed by atoms with Gasteiger partial charge in [0, 0.05) is 7.05 Å². The number of nitrogens with zero attached hydrogens (tertiary/aromatic N) is 3. The van der Waals surface area contributed by atoms with Crippen molar-refractivity contribution in [3.05, 3.63) is 36.4 Å². The van der Waals surface area contributed by atoms with Gasteiger partial charge in [-0.1, -0.05) is 6.07 Å². The Kier molecular flexibility index (Phi) is 2.80. The number of sulfonamides is 1. The van der Waals surface area contributed by atoms with Gasteiger partial charge >= 0.3 is 0 Å². The van der Waals surface area contributed by atoms with Crippen LogP contribution >= 0.6 is 0 Å². The molecule has 0 saturated heterocycles. The van der Waals surface area contributed by atoms with E-state index in [1.807, 2.05) is 0 Å². The molecular formula is C9H9FN4O2S. The molecule has 2 aromatic heterocycles. The smallest absolute Gasteiger partial charge is 0.262 e. The van der Waals surface area contributed by atoms with E-state index in [4.69, 9.17) is 0 Å². The summed E-state index contributed by atoms with van der Waals surface area (Å²) in [6, 6.07) is 5.18. The van der Waals surface area contributed by atoms with Gasteiger partial charge in [0.05, 0.1) is 6.20 Å². The summed E-state index contributed by atoms with van der Waals surface area (Å²) in [5.74, 6) is -0.832. The molecule has 2 heterocycles. The second kappa shape index (κ2) is 4.13. The number of nitrogens with one attached hydrogen (secondary N) is 1. The Hall–Kier alpha value is -1.96. The molecule has 0 fully saturated rings. The first-order valence-corrected chi connectivity index (χ1v) is 6.11. The molecule has 90 valence electrons. The monoisotopic (exact) mass is 256 g/mol. The Morgan fingerprint density at radius 3 is 2.71 bits per heavy atom. The second-order valence-corrected chi connectivity index (χ2v) is 4.87. The maximum absolute atomic E-state index is 12.8. The van der Waals surface area contributed by atoms with Crippen LogP contribution in [0.2, 0.25) is 0 Å². The van der Waals surface area contributed by atoms with Crippen LogP contribution in [0.5, 0.6) is 0 Å². The molecule has 0 aromatic carbocycles. The molecule has 1 N–H and O–H groups in total. The Morgan fingerprint density at radius 1 is 1.35 bits per heavy atom. The van der Waals surface area contributed by atoms with Crippen LogP contribution in [0.25, 0.3) is 0 Å². The Bertz CT molecular complexity index is 638. The van der Waals surface area contributed by atoms with Crippen molar-refractivity contribution in [3.8, 4) is 0 Å². The molecule has 0 aliphatic rings. The van der Waals surface area contributed by atoms with Gasteiger partial charge in [0.15, 0.2) is 5.03 Å². The average Bonchev–Trinajstić information content (AvgIpc) is 2.64. The zero-order chi connectivity index (χ0) is 12.5. The molecular weight excluding hydrogens is 247 g/mol. The topological polar surface area (TPSA) is 76.9 Å². The summed E-state index contributed by atoms with van der Waals surface area (Å²) in [6.07, 6.45) is 1.35. The third-order valence-electron chi connectivity index (χ3n) is 2.01. The first-order chi connectivity index (χ1) is 7.99. The van der Waals surface area contributed by atoms with E-state index in [9.17, 15) is 12.8 Å². The lowest BCUT2D eigenvalue weighted by atomic mass is 10.5. The Morgan fingerprint density at radius 2 is 2.12 bits per heavy atom. The molecule has 6 nitrogen and oxygen atoms in total. The van der Waals surface area contributed by atoms with Crippen molar-refractivity contribution in [3.63, 3.8) is 0 Å². The largest absolute Gasteiger partial charge is 0.280 e. The molecule has 2 aromatic rings. The minimum Gasteiger partial charge on any atom is -0.262 e. The molecule has 0 saturated carbocycles. The predicted octanol–water partition coefficient (Wildman–Crippen LogP) is 0.755. The highest BCUT2D eigenvalue weighted by Crippen LogP contribution is 2.12. The van der Waals surface area contributed by atoms with Gasteiger partial charge < -0.3 is 0 Å². The second-order valence-electron chi connectivity index (χ2n) is 3.24. The molecule has 0 radical (unpaired) electrons. The van der Waals surface area contributed by atoms with Crippen LogP contribution in [0, 0.1) is 5.95 Å². The number of aryl methyl sites for hydroxylation is 1. The standard InChI is InChI=1S/C9H9FN4O2S/c1-14-9(5-6-11-14)17(15,16)13-8-4-2-3-7(10)12-8/h2-6H,1H3,(H,12,13). The summed E-state index contributed by atoms with van der Waals surface area (Å²) in [7, 11) is -2.30. The van der Waals surface area contributed by atoms with Crippen LogP contribution in [0.4, 0.5) is 10.2 Å². The fraction of sp³-hybridized carbons (Fsp3) is 0.111. The van der Waals surface area contributed by atoms with E-state index in [-0.39, 0.29) is 10.8 Å². The number of aromatic nitrogens is 3. The zero-order valence-corrected chi connectivity index (χ0v) is 9.65. The van der Waals surface area contributed by atoms with Gasteiger partial charge in [-0.2, -0.15) is 17.9 Å². The van der Waals surface area contributed by atoms with E-state index in [1.54, 1.807) is 0 Å². The van der Waals surface area contributed by atoms with Crippen LogP contribution in [0.1, 0.15) is 0 Å². The third kappa shape index (κ3) is 2.41. The van der Waals surface area contributed by atoms with Gasteiger partial charge in [-0.3, -0.25) is 9.40 Å². The molecule has 2 rings (SSSR count). The van der Waals surface area contributed by atoms with Gasteiger partial charge in [-0.15, -0.1) is 0 Å². The van der Waals surface area contributed by atoms with E-state index in [0.717, 1.165) is 6.07 Å². The average molecular weight is 256 g/mol. The SMILES string of the molecule is Cn1nccc1S(=O)(=O)Nc1cccc(F)n1. The first-order valence-electron chi connectivity index (χ1n) is 4.62. The van der Waals surface area contributed by atoms with E-state index in [2.05, 4.69) is 14.8 Å². The summed E-state index contributed by atoms with van der Waals surface area (Å²) in [5, 5.41) is 3.72. The third-order valence-corrected chi connectivity index (χ3v) is 3.43. The molecule has 0 spiro atoms. The van der Waals surface area contributed by atoms with Crippen molar-refractivity contribution in [2.24, 2.45) is 7.05 Å². The summed E-state index contributed by atoms with van der Waals surface area (Å²) in [5.41, 5.74) is 0. The normalized spacial score (nSPS) is 11.4. The lowest BCUT2D eigenvalue weighted by molar-refractivity contribution is 0.579. The van der Waals surface area contributed by atoms with Gasteiger partial charge in [0.1, 0.15) is 5.82 Å². The number of rotatable bonds is 3. The van der Waals surface area contributed by atoms with E-state index >= 15 is 0 Å². The zero-order valence-electron chi connectivity index (χ0n) is 8.83. The maximum atomic E-state index is 12.8. The molecule has 8 heteroatoms. The van der Waals surface area contributed by atoms with E-state index in [0.29, 0.717) is 0 Å². The van der Waals surface area contributed by atoms with Crippen molar-refractivity contribution < 1.29 is 12.8 Å². The lowest BCUT2D eigenvalue weighted by Crippen LogP contribution is -2.17. The maximum Gasteiger partial charge on any atom is 0.280 e. The fourth-order valence-electron chi connectivity index (χ4n) is 1.28. The molecule has 0 atom stereocenters. The molecule has 0 amide bonds. The van der Waals surface area contributed by atoms with Crippen LogP contribution in [0.3, 0.4) is 0 Å². The molecule has 0 aliphatic carbocycles. The van der Waals surface area contributed by atoms with E-state index in [1.165, 1.54) is 36.1 Å². The highest BCUT2D eigenvalue weighted by molar-refractivity contribution is 7.92. The van der Waals surface area contributed by atoms with Gasteiger partial charge in [0.2, 0.25) is 5.95 Å². The number of pyridine rings is 1. The van der Waals surface area contributed by atoms with Crippen molar-refractivity contribution >= 4 is 15.8 Å². The quantitative estimate of drug-likeness (QED) is 0.822. The summed E-state index contributed by atoms with van der Waals surface area (Å²) in [4.78, 5) is 3.41. The van der Waals surface area contributed by atoms with E-state index < -0.39 is 16.0 Å². The highest BCUT2D eigenvalue weighted by atomic mass is 32.2. The number of hydrogen-bond donors (Lipinski definition) is 1. The fourth-order valence-corrected chi connectivity index (χ4v) is 2.41. The summed E-state index contributed by atoms with van der Waals surface area (Å²) in [6.45, 7) is 0. The molecule has 0 bridgehead atoms. The van der Waals surface area contributed by atoms with Gasteiger partial charge in [-0.25, -0.2) is 4.98 Å². The van der Waals surface area contributed by atoms with Crippen molar-refractivity contribution in [1.29, 1.82) is 0 Å². The summed E-state index contributed by atoms with van der Waals surface area (Å²) >= 11 is 0. The molecule has 17 heavy (non-hydrogen) atoms. The van der Waals surface area contributed by atoms with Gasteiger partial charge in [-0.05, 0) is 18.2 Å². The van der Waals surface area contributed by atoms with Crippen molar-refractivity contribution in [1.82, 2.24) is 14.8 Å². The molecule has 0 aliphatic heterocycles.